The predicted octanol–water partition coefficient (Wildman–Crippen LogP) is 1.28. The Hall–Kier alpha value is -1.63. The van der Waals surface area contributed by atoms with Gasteiger partial charge in [-0.25, -0.2) is 4.79 Å². The molecule has 1 aromatic rings. The summed E-state index contributed by atoms with van der Waals surface area (Å²) < 4.78 is 5.34. The number of benzene rings is 1. The van der Waals surface area contributed by atoms with E-state index in [0.717, 1.165) is 78.5 Å². The fourth-order valence-electron chi connectivity index (χ4n) is 3.58. The van der Waals surface area contributed by atoms with Crippen LogP contribution in [0.1, 0.15) is 12.0 Å². The van der Waals surface area contributed by atoms with Crippen LogP contribution in [0.3, 0.4) is 0 Å². The van der Waals surface area contributed by atoms with Gasteiger partial charge >= 0.3 is 6.03 Å². The van der Waals surface area contributed by atoms with Crippen LogP contribution in [0.2, 0.25) is 0 Å². The molecule has 2 aliphatic rings. The van der Waals surface area contributed by atoms with E-state index >= 15 is 0 Å². The second-order valence-corrected chi connectivity index (χ2v) is 7.10. The molecule has 0 radical (unpaired) electrons. The summed E-state index contributed by atoms with van der Waals surface area (Å²) in [6.45, 7) is 9.91. The monoisotopic (exact) mass is 360 g/mol. The lowest BCUT2D eigenvalue weighted by atomic mass is 10.1. The molecule has 0 atom stereocenters. The normalized spacial score (nSPS) is 19.5. The van der Waals surface area contributed by atoms with E-state index < -0.39 is 0 Å². The Labute approximate surface area is 157 Å². The number of hydrogen-bond donors (Lipinski definition) is 1. The number of urea groups is 1. The SMILES string of the molecule is O=C(NCCN1CCOCC1)N1CCN(CCCc2ccccc2)CC1. The van der Waals surface area contributed by atoms with Gasteiger partial charge in [-0.3, -0.25) is 9.80 Å². The number of nitrogens with one attached hydrogen (secondary N) is 1. The van der Waals surface area contributed by atoms with Crippen molar-refractivity contribution in [1.29, 1.82) is 0 Å². The summed E-state index contributed by atoms with van der Waals surface area (Å²) in [5.41, 5.74) is 1.41. The maximum atomic E-state index is 12.3. The first-order chi connectivity index (χ1) is 12.8. The molecule has 2 fully saturated rings. The predicted molar refractivity (Wildman–Crippen MR) is 103 cm³/mol. The van der Waals surface area contributed by atoms with E-state index in [9.17, 15) is 4.79 Å². The first-order valence-corrected chi connectivity index (χ1v) is 9.90. The zero-order valence-corrected chi connectivity index (χ0v) is 15.7. The van der Waals surface area contributed by atoms with Crippen LogP contribution in [0.15, 0.2) is 30.3 Å². The highest BCUT2D eigenvalue weighted by molar-refractivity contribution is 5.74. The molecule has 0 saturated carbocycles. The van der Waals surface area contributed by atoms with Crippen LogP contribution in [0.4, 0.5) is 4.79 Å². The van der Waals surface area contributed by atoms with Gasteiger partial charge in [0.15, 0.2) is 0 Å². The molecule has 0 spiro atoms. The van der Waals surface area contributed by atoms with Crippen molar-refractivity contribution >= 4 is 6.03 Å². The summed E-state index contributed by atoms with van der Waals surface area (Å²) in [5, 5.41) is 3.07. The van der Waals surface area contributed by atoms with Crippen LogP contribution in [-0.4, -0.2) is 92.8 Å². The van der Waals surface area contributed by atoms with Crippen molar-refractivity contribution in [3.05, 3.63) is 35.9 Å². The Morgan fingerprint density at radius 3 is 2.35 bits per heavy atom. The quantitative estimate of drug-likeness (QED) is 0.796. The van der Waals surface area contributed by atoms with Gasteiger partial charge in [-0.2, -0.15) is 0 Å². The van der Waals surface area contributed by atoms with E-state index in [1.165, 1.54) is 12.0 Å². The summed E-state index contributed by atoms with van der Waals surface area (Å²) >= 11 is 0. The van der Waals surface area contributed by atoms with Crippen molar-refractivity contribution in [1.82, 2.24) is 20.0 Å². The molecule has 0 bridgehead atoms. The highest BCUT2D eigenvalue weighted by Crippen LogP contribution is 2.07. The second-order valence-electron chi connectivity index (χ2n) is 7.10. The molecule has 26 heavy (non-hydrogen) atoms. The first-order valence-electron chi connectivity index (χ1n) is 9.90. The summed E-state index contributed by atoms with van der Waals surface area (Å²) in [7, 11) is 0. The zero-order valence-electron chi connectivity index (χ0n) is 15.7. The van der Waals surface area contributed by atoms with Crippen molar-refractivity contribution < 1.29 is 9.53 Å². The molecule has 0 unspecified atom stereocenters. The second kappa shape index (κ2) is 10.5. The maximum Gasteiger partial charge on any atom is 0.317 e. The van der Waals surface area contributed by atoms with E-state index in [2.05, 4.69) is 45.4 Å². The molecular formula is C20H32N4O2. The maximum absolute atomic E-state index is 12.3. The molecule has 2 amide bonds. The van der Waals surface area contributed by atoms with Gasteiger partial charge in [0.25, 0.3) is 0 Å². The number of aryl methyl sites for hydroxylation is 1. The highest BCUT2D eigenvalue weighted by Gasteiger charge is 2.20. The van der Waals surface area contributed by atoms with Crippen molar-refractivity contribution in [3.63, 3.8) is 0 Å². The lowest BCUT2D eigenvalue weighted by Crippen LogP contribution is -2.52. The Morgan fingerprint density at radius 1 is 0.923 bits per heavy atom. The smallest absolute Gasteiger partial charge is 0.317 e. The van der Waals surface area contributed by atoms with Gasteiger partial charge in [0.1, 0.15) is 0 Å². The number of rotatable bonds is 7. The van der Waals surface area contributed by atoms with Gasteiger partial charge in [0, 0.05) is 52.4 Å². The van der Waals surface area contributed by atoms with Crippen molar-refractivity contribution in [3.8, 4) is 0 Å². The van der Waals surface area contributed by atoms with Crippen LogP contribution < -0.4 is 5.32 Å². The molecule has 2 saturated heterocycles. The highest BCUT2D eigenvalue weighted by atomic mass is 16.5. The van der Waals surface area contributed by atoms with Crippen molar-refractivity contribution in [2.24, 2.45) is 0 Å². The van der Waals surface area contributed by atoms with Gasteiger partial charge < -0.3 is 15.0 Å². The molecule has 3 rings (SSSR count). The van der Waals surface area contributed by atoms with Crippen molar-refractivity contribution in [2.75, 3.05) is 72.1 Å². The van der Waals surface area contributed by atoms with E-state index in [1.807, 2.05) is 4.90 Å². The minimum absolute atomic E-state index is 0.0854. The Balaban J connectivity index is 1.26. The molecule has 0 aromatic heterocycles. The third-order valence-corrected chi connectivity index (χ3v) is 5.25. The van der Waals surface area contributed by atoms with Crippen LogP contribution in [0, 0.1) is 0 Å². The fraction of sp³-hybridized carbons (Fsp3) is 0.650. The summed E-state index contributed by atoms with van der Waals surface area (Å²) in [6.07, 6.45) is 2.30. The number of amides is 2. The average Bonchev–Trinajstić information content (AvgIpc) is 2.70. The molecule has 2 heterocycles. The number of morpholine rings is 1. The fourth-order valence-corrected chi connectivity index (χ4v) is 3.58. The van der Waals surface area contributed by atoms with Gasteiger partial charge in [-0.15, -0.1) is 0 Å². The molecule has 1 aromatic carbocycles. The number of carbonyl (C=O) groups is 1. The van der Waals surface area contributed by atoms with Crippen LogP contribution in [0.25, 0.3) is 0 Å². The van der Waals surface area contributed by atoms with Crippen LogP contribution >= 0.6 is 0 Å². The van der Waals surface area contributed by atoms with Crippen LogP contribution in [0.5, 0.6) is 0 Å². The minimum Gasteiger partial charge on any atom is -0.379 e. The topological polar surface area (TPSA) is 48.1 Å². The number of ether oxygens (including phenoxy) is 1. The van der Waals surface area contributed by atoms with E-state index in [1.54, 1.807) is 0 Å². The van der Waals surface area contributed by atoms with E-state index in [0.29, 0.717) is 0 Å². The number of piperazine rings is 1. The minimum atomic E-state index is 0.0854. The van der Waals surface area contributed by atoms with Crippen LogP contribution in [-0.2, 0) is 11.2 Å². The molecule has 0 aliphatic carbocycles. The number of carbonyl (C=O) groups excluding carboxylic acids is 1. The van der Waals surface area contributed by atoms with Gasteiger partial charge in [0.2, 0.25) is 0 Å². The van der Waals surface area contributed by atoms with Crippen molar-refractivity contribution in [2.45, 2.75) is 12.8 Å². The standard InChI is InChI=1S/C20H32N4O2/c25-20(21-8-10-23-15-17-26-18-16-23)24-13-11-22(12-14-24)9-4-7-19-5-2-1-3-6-19/h1-3,5-6H,4,7-18H2,(H,21,25). The number of nitrogens with zero attached hydrogens (tertiary/aromatic N) is 3. The van der Waals surface area contributed by atoms with Gasteiger partial charge in [-0.05, 0) is 24.9 Å². The molecule has 6 heteroatoms. The summed E-state index contributed by atoms with van der Waals surface area (Å²) in [5.74, 6) is 0. The lowest BCUT2D eigenvalue weighted by molar-refractivity contribution is 0.0385. The van der Waals surface area contributed by atoms with E-state index in [4.69, 9.17) is 4.74 Å². The molecule has 144 valence electrons. The third kappa shape index (κ3) is 6.27. The molecule has 6 nitrogen and oxygen atoms in total. The van der Waals surface area contributed by atoms with E-state index in [-0.39, 0.29) is 6.03 Å². The summed E-state index contributed by atoms with van der Waals surface area (Å²) in [6, 6.07) is 10.7. The Kier molecular flexibility index (Phi) is 7.73. The lowest BCUT2D eigenvalue weighted by Gasteiger charge is -2.35. The first kappa shape index (κ1) is 19.1. The third-order valence-electron chi connectivity index (χ3n) is 5.25. The Bertz CT molecular complexity index is 526. The average molecular weight is 361 g/mol. The number of hydrogen-bond acceptors (Lipinski definition) is 4. The van der Waals surface area contributed by atoms with Gasteiger partial charge in [-0.1, -0.05) is 30.3 Å². The molecule has 2 aliphatic heterocycles. The zero-order chi connectivity index (χ0) is 18.0. The largest absolute Gasteiger partial charge is 0.379 e. The molecular weight excluding hydrogens is 328 g/mol. The molecule has 1 N–H and O–H groups in total. The summed E-state index contributed by atoms with van der Waals surface area (Å²) in [4.78, 5) is 19.1. The van der Waals surface area contributed by atoms with Gasteiger partial charge in [0.05, 0.1) is 13.2 Å². The Morgan fingerprint density at radius 2 is 1.62 bits per heavy atom.